The Kier molecular flexibility index (Phi) is 3.22. The van der Waals surface area contributed by atoms with Crippen molar-refractivity contribution < 1.29 is 19.8 Å². The van der Waals surface area contributed by atoms with Gasteiger partial charge < -0.3 is 14.9 Å². The predicted octanol–water partition coefficient (Wildman–Crippen LogP) is -1.27. The Morgan fingerprint density at radius 2 is 2.27 bits per heavy atom. The molecule has 1 aliphatic rings. The summed E-state index contributed by atoms with van der Waals surface area (Å²) in [6, 6.07) is 0. The fraction of sp³-hybridized carbons (Fsp3) is 1.00. The highest BCUT2D eigenvalue weighted by atomic mass is 16.8. The van der Waals surface area contributed by atoms with Crippen molar-refractivity contribution in [3.63, 3.8) is 0 Å². The van der Waals surface area contributed by atoms with E-state index in [2.05, 4.69) is 4.84 Å². The van der Waals surface area contributed by atoms with Gasteiger partial charge in [0, 0.05) is 12.8 Å². The van der Waals surface area contributed by atoms with E-state index in [1.165, 1.54) is 0 Å². The fourth-order valence-electron chi connectivity index (χ4n) is 1.15. The molecule has 0 aromatic rings. The van der Waals surface area contributed by atoms with E-state index in [0.717, 1.165) is 0 Å². The Morgan fingerprint density at radius 3 is 2.82 bits per heavy atom. The van der Waals surface area contributed by atoms with Crippen molar-refractivity contribution in [3.05, 3.63) is 0 Å². The van der Waals surface area contributed by atoms with Crippen molar-refractivity contribution >= 4 is 0 Å². The van der Waals surface area contributed by atoms with Crippen molar-refractivity contribution in [1.82, 2.24) is 0 Å². The van der Waals surface area contributed by atoms with Gasteiger partial charge in [-0.3, -0.25) is 4.84 Å². The highest BCUT2D eigenvalue weighted by molar-refractivity contribution is 4.71. The first-order valence-electron chi connectivity index (χ1n) is 3.56. The number of rotatable bonds is 2. The quantitative estimate of drug-likeness (QED) is 0.442. The molecule has 5 nitrogen and oxygen atoms in total. The molecule has 0 bridgehead atoms. The minimum Gasteiger partial charge on any atom is -0.394 e. The van der Waals surface area contributed by atoms with Crippen LogP contribution in [0.15, 0.2) is 0 Å². The van der Waals surface area contributed by atoms with Crippen LogP contribution in [-0.2, 0) is 9.57 Å². The molecule has 3 atom stereocenters. The lowest BCUT2D eigenvalue weighted by molar-refractivity contribution is -0.223. The highest BCUT2D eigenvalue weighted by Crippen LogP contribution is 2.18. The number of nitrogens with two attached hydrogens (primary N) is 1. The number of hydrogen-bond donors (Lipinski definition) is 3. The fourth-order valence-corrected chi connectivity index (χ4v) is 1.15. The molecule has 2 unspecified atom stereocenters. The van der Waals surface area contributed by atoms with Gasteiger partial charge in [-0.05, 0) is 0 Å². The van der Waals surface area contributed by atoms with Gasteiger partial charge in [0.05, 0.1) is 18.8 Å². The molecule has 1 rings (SSSR count). The van der Waals surface area contributed by atoms with Crippen molar-refractivity contribution in [2.45, 2.75) is 31.3 Å². The van der Waals surface area contributed by atoms with E-state index >= 15 is 0 Å². The zero-order valence-corrected chi connectivity index (χ0v) is 6.14. The van der Waals surface area contributed by atoms with E-state index in [4.69, 9.17) is 15.7 Å². The van der Waals surface area contributed by atoms with Gasteiger partial charge in [-0.1, -0.05) is 0 Å². The molecule has 0 aromatic carbocycles. The van der Waals surface area contributed by atoms with Gasteiger partial charge in [0.15, 0.2) is 6.29 Å². The average molecular weight is 163 g/mol. The molecular formula is C6H13NO4. The van der Waals surface area contributed by atoms with E-state index in [1.54, 1.807) is 0 Å². The van der Waals surface area contributed by atoms with Crippen LogP contribution in [0.2, 0.25) is 0 Å². The van der Waals surface area contributed by atoms with E-state index in [1.807, 2.05) is 0 Å². The van der Waals surface area contributed by atoms with Crippen molar-refractivity contribution in [3.8, 4) is 0 Å². The summed E-state index contributed by atoms with van der Waals surface area (Å²) in [6.45, 7) is -0.114. The number of aliphatic hydroxyl groups is 2. The van der Waals surface area contributed by atoms with Crippen LogP contribution in [0.5, 0.6) is 0 Å². The Morgan fingerprint density at radius 1 is 1.55 bits per heavy atom. The second-order valence-corrected chi connectivity index (χ2v) is 2.63. The third-order valence-corrected chi connectivity index (χ3v) is 1.70. The normalized spacial score (nSPS) is 39.0. The van der Waals surface area contributed by atoms with Crippen LogP contribution in [-0.4, -0.2) is 35.3 Å². The van der Waals surface area contributed by atoms with E-state index < -0.39 is 12.4 Å². The van der Waals surface area contributed by atoms with E-state index in [9.17, 15) is 5.11 Å². The smallest absolute Gasteiger partial charge is 0.179 e. The zero-order valence-electron chi connectivity index (χ0n) is 6.14. The van der Waals surface area contributed by atoms with Crippen LogP contribution in [0.3, 0.4) is 0 Å². The third kappa shape index (κ3) is 2.39. The lowest BCUT2D eigenvalue weighted by Crippen LogP contribution is -2.39. The van der Waals surface area contributed by atoms with Crippen molar-refractivity contribution in [2.75, 3.05) is 6.61 Å². The van der Waals surface area contributed by atoms with Gasteiger partial charge in [0.1, 0.15) is 0 Å². The third-order valence-electron chi connectivity index (χ3n) is 1.70. The lowest BCUT2D eigenvalue weighted by Gasteiger charge is -2.30. The number of ether oxygens (including phenoxy) is 1. The summed E-state index contributed by atoms with van der Waals surface area (Å²) < 4.78 is 5.10. The standard InChI is InChI=1S/C6H13NO4/c7-11-6-2-4(9)1-5(3-8)10-6/h4-6,8-9H,1-3,7H2/t4-,5?,6?/m0/s1. The predicted molar refractivity (Wildman–Crippen MR) is 36.3 cm³/mol. The Balaban J connectivity index is 2.37. The maximum absolute atomic E-state index is 9.19. The topological polar surface area (TPSA) is 84.9 Å². The number of hydrogen-bond acceptors (Lipinski definition) is 5. The van der Waals surface area contributed by atoms with Crippen LogP contribution in [0.1, 0.15) is 12.8 Å². The Labute approximate surface area is 64.7 Å². The monoisotopic (exact) mass is 163 g/mol. The lowest BCUT2D eigenvalue weighted by atomic mass is 10.1. The summed E-state index contributed by atoms with van der Waals surface area (Å²) in [5.74, 6) is 4.86. The first-order valence-corrected chi connectivity index (χ1v) is 3.56. The summed E-state index contributed by atoms with van der Waals surface area (Å²) >= 11 is 0. The first-order chi connectivity index (χ1) is 5.26. The second kappa shape index (κ2) is 3.99. The maximum Gasteiger partial charge on any atom is 0.179 e. The molecule has 0 saturated carbocycles. The largest absolute Gasteiger partial charge is 0.394 e. The van der Waals surface area contributed by atoms with Crippen LogP contribution in [0.25, 0.3) is 0 Å². The van der Waals surface area contributed by atoms with Gasteiger partial charge in [-0.25, -0.2) is 5.90 Å². The van der Waals surface area contributed by atoms with Gasteiger partial charge in [-0.15, -0.1) is 0 Å². The highest BCUT2D eigenvalue weighted by Gasteiger charge is 2.27. The molecule has 1 fully saturated rings. The van der Waals surface area contributed by atoms with Crippen LogP contribution in [0, 0.1) is 0 Å². The SMILES string of the molecule is NOC1C[C@@H](O)CC(CO)O1. The molecule has 1 heterocycles. The summed E-state index contributed by atoms with van der Waals surface area (Å²) in [5, 5.41) is 17.9. The molecule has 1 saturated heterocycles. The van der Waals surface area contributed by atoms with Crippen molar-refractivity contribution in [1.29, 1.82) is 0 Å². The minimum absolute atomic E-state index is 0.114. The molecule has 11 heavy (non-hydrogen) atoms. The molecule has 0 aliphatic carbocycles. The molecule has 0 radical (unpaired) electrons. The van der Waals surface area contributed by atoms with E-state index in [0.29, 0.717) is 12.8 Å². The molecule has 5 heteroatoms. The number of aliphatic hydroxyl groups excluding tert-OH is 2. The molecule has 1 aliphatic heterocycles. The van der Waals surface area contributed by atoms with Crippen LogP contribution in [0.4, 0.5) is 0 Å². The summed E-state index contributed by atoms with van der Waals surface area (Å²) in [7, 11) is 0. The molecular weight excluding hydrogens is 150 g/mol. The van der Waals surface area contributed by atoms with Crippen LogP contribution >= 0.6 is 0 Å². The van der Waals surface area contributed by atoms with Gasteiger partial charge in [-0.2, -0.15) is 0 Å². The Bertz CT molecular complexity index is 109. The van der Waals surface area contributed by atoms with Gasteiger partial charge in [0.2, 0.25) is 0 Å². The Hall–Kier alpha value is -0.200. The molecule has 0 spiro atoms. The van der Waals surface area contributed by atoms with Crippen LogP contribution < -0.4 is 5.90 Å². The molecule has 66 valence electrons. The summed E-state index contributed by atoms with van der Waals surface area (Å²) in [5.41, 5.74) is 0. The first kappa shape index (κ1) is 8.89. The summed E-state index contributed by atoms with van der Waals surface area (Å²) in [6.07, 6.45) is -0.624. The molecule has 0 amide bonds. The maximum atomic E-state index is 9.19. The summed E-state index contributed by atoms with van der Waals surface area (Å²) in [4.78, 5) is 4.40. The second-order valence-electron chi connectivity index (χ2n) is 2.63. The van der Waals surface area contributed by atoms with Gasteiger partial charge >= 0.3 is 0 Å². The molecule has 0 aromatic heterocycles. The minimum atomic E-state index is -0.587. The molecule has 4 N–H and O–H groups in total. The van der Waals surface area contributed by atoms with Crippen molar-refractivity contribution in [2.24, 2.45) is 5.90 Å². The van der Waals surface area contributed by atoms with Gasteiger partial charge in [0.25, 0.3) is 0 Å². The zero-order chi connectivity index (χ0) is 8.27. The average Bonchev–Trinajstić information content (AvgIpc) is 2.03. The van der Waals surface area contributed by atoms with E-state index in [-0.39, 0.29) is 12.7 Å².